The highest BCUT2D eigenvalue weighted by molar-refractivity contribution is 5.81. The summed E-state index contributed by atoms with van der Waals surface area (Å²) in [5.41, 5.74) is 2.30. The number of hydrogen-bond donors (Lipinski definition) is 1. The number of methoxy groups -OCH3 is 1. The van der Waals surface area contributed by atoms with Crippen molar-refractivity contribution in [2.75, 3.05) is 20.3 Å². The number of phenols is 1. The van der Waals surface area contributed by atoms with E-state index in [4.69, 9.17) is 14.2 Å². The minimum absolute atomic E-state index is 0.0511. The number of fused-ring (bicyclic) bond motifs is 1. The van der Waals surface area contributed by atoms with Gasteiger partial charge in [-0.25, -0.2) is 4.79 Å². The Balaban J connectivity index is 1.79. The molecule has 0 bridgehead atoms. The van der Waals surface area contributed by atoms with Crippen LogP contribution in [0.25, 0.3) is 16.7 Å². The van der Waals surface area contributed by atoms with E-state index in [0.717, 1.165) is 6.08 Å². The van der Waals surface area contributed by atoms with E-state index in [-0.39, 0.29) is 19.0 Å². The average Bonchev–Trinajstić information content (AvgIpc) is 3.10. The van der Waals surface area contributed by atoms with Crippen molar-refractivity contribution in [3.8, 4) is 22.9 Å². The largest absolute Gasteiger partial charge is 0.505 e. The van der Waals surface area contributed by atoms with Gasteiger partial charge < -0.3 is 19.3 Å². The molecule has 0 amide bonds. The number of hydrogen-bond acceptors (Lipinski definition) is 7. The first-order chi connectivity index (χ1) is 13.0. The summed E-state index contributed by atoms with van der Waals surface area (Å²) in [6.45, 7) is 5.40. The molecule has 8 nitrogen and oxygen atoms in total. The molecule has 0 radical (unpaired) electrons. The lowest BCUT2D eigenvalue weighted by atomic mass is 10.2. The molecule has 1 aromatic heterocycles. The van der Waals surface area contributed by atoms with Gasteiger partial charge in [-0.15, -0.1) is 15.0 Å². The fourth-order valence-electron chi connectivity index (χ4n) is 2.50. The van der Waals surface area contributed by atoms with Gasteiger partial charge >= 0.3 is 5.97 Å². The molecule has 0 saturated heterocycles. The average molecular weight is 369 g/mol. The molecule has 0 saturated carbocycles. The Morgan fingerprint density at radius 1 is 1.22 bits per heavy atom. The fourth-order valence-corrected chi connectivity index (χ4v) is 2.50. The number of ether oxygens (including phenoxy) is 3. The summed E-state index contributed by atoms with van der Waals surface area (Å²) in [6, 6.07) is 8.66. The first-order valence-corrected chi connectivity index (χ1v) is 8.19. The number of nitrogens with zero attached hydrogens (tertiary/aromatic N) is 3. The predicted molar refractivity (Wildman–Crippen MR) is 98.5 cm³/mol. The van der Waals surface area contributed by atoms with Crippen molar-refractivity contribution in [3.05, 3.63) is 48.6 Å². The molecule has 3 rings (SSSR count). The van der Waals surface area contributed by atoms with Crippen LogP contribution in [0.15, 0.2) is 43.0 Å². The molecule has 8 heteroatoms. The van der Waals surface area contributed by atoms with Crippen LogP contribution < -0.4 is 9.47 Å². The third kappa shape index (κ3) is 3.84. The number of benzene rings is 2. The Labute approximate surface area is 155 Å². The van der Waals surface area contributed by atoms with Gasteiger partial charge in [-0.05, 0) is 31.2 Å². The molecule has 3 aromatic rings. The summed E-state index contributed by atoms with van der Waals surface area (Å²) < 4.78 is 15.6. The van der Waals surface area contributed by atoms with Crippen LogP contribution in [0.4, 0.5) is 0 Å². The second-order valence-corrected chi connectivity index (χ2v) is 5.62. The molecule has 0 aliphatic carbocycles. The maximum Gasteiger partial charge on any atom is 0.330 e. The number of aromatic hydroxyl groups is 1. The molecule has 1 heterocycles. The van der Waals surface area contributed by atoms with Crippen molar-refractivity contribution in [2.24, 2.45) is 0 Å². The van der Waals surface area contributed by atoms with Gasteiger partial charge in [0.2, 0.25) is 0 Å². The van der Waals surface area contributed by atoms with Gasteiger partial charge in [-0.3, -0.25) is 0 Å². The van der Waals surface area contributed by atoms with E-state index in [2.05, 4.69) is 16.8 Å². The summed E-state index contributed by atoms with van der Waals surface area (Å²) in [4.78, 5) is 12.3. The monoisotopic (exact) mass is 369 g/mol. The van der Waals surface area contributed by atoms with Gasteiger partial charge in [0.05, 0.1) is 7.11 Å². The highest BCUT2D eigenvalue weighted by Gasteiger charge is 2.14. The zero-order valence-electron chi connectivity index (χ0n) is 15.0. The van der Waals surface area contributed by atoms with Crippen LogP contribution in [-0.2, 0) is 9.53 Å². The third-order valence-electron chi connectivity index (χ3n) is 3.91. The number of carbonyl (C=O) groups is 1. The van der Waals surface area contributed by atoms with E-state index in [9.17, 15) is 9.90 Å². The molecular weight excluding hydrogens is 350 g/mol. The van der Waals surface area contributed by atoms with Crippen molar-refractivity contribution >= 4 is 17.0 Å². The summed E-state index contributed by atoms with van der Waals surface area (Å²) in [6.07, 6.45) is 1.10. The van der Waals surface area contributed by atoms with Crippen molar-refractivity contribution in [2.45, 2.75) is 6.92 Å². The first-order valence-electron chi connectivity index (χ1n) is 8.19. The van der Waals surface area contributed by atoms with Gasteiger partial charge in [0.15, 0.2) is 0 Å². The first kappa shape index (κ1) is 18.2. The minimum atomic E-state index is -0.494. The van der Waals surface area contributed by atoms with Crippen molar-refractivity contribution in [1.29, 1.82) is 0 Å². The van der Waals surface area contributed by atoms with E-state index in [1.807, 2.05) is 0 Å². The predicted octanol–water partition coefficient (Wildman–Crippen LogP) is 2.55. The Hall–Kier alpha value is -3.55. The van der Waals surface area contributed by atoms with Crippen LogP contribution in [0.5, 0.6) is 17.2 Å². The lowest BCUT2D eigenvalue weighted by molar-refractivity contribution is -0.138. The lowest BCUT2D eigenvalue weighted by Crippen LogP contribution is -2.10. The maximum atomic E-state index is 11.0. The number of aromatic nitrogens is 3. The lowest BCUT2D eigenvalue weighted by Gasteiger charge is -2.09. The second kappa shape index (κ2) is 7.77. The topological polar surface area (TPSA) is 95.7 Å². The zero-order chi connectivity index (χ0) is 19.4. The molecule has 140 valence electrons. The Bertz CT molecular complexity index is 996. The zero-order valence-corrected chi connectivity index (χ0v) is 15.0. The van der Waals surface area contributed by atoms with Crippen LogP contribution in [0.2, 0.25) is 0 Å². The Morgan fingerprint density at radius 3 is 2.74 bits per heavy atom. The number of phenolic OH excluding ortho intramolecular Hbond substituents is 1. The summed E-state index contributed by atoms with van der Waals surface area (Å²) in [5.74, 6) is 0.710. The van der Waals surface area contributed by atoms with Crippen LogP contribution >= 0.6 is 0 Å². The summed E-state index contributed by atoms with van der Waals surface area (Å²) in [5, 5.41) is 19.2. The quantitative estimate of drug-likeness (QED) is 0.388. The van der Waals surface area contributed by atoms with Crippen LogP contribution in [0.1, 0.15) is 5.56 Å². The van der Waals surface area contributed by atoms with Gasteiger partial charge in [0, 0.05) is 17.7 Å². The molecule has 0 fully saturated rings. The number of esters is 1. The van der Waals surface area contributed by atoms with Crippen LogP contribution in [-0.4, -0.2) is 46.4 Å². The Morgan fingerprint density at radius 2 is 2.00 bits per heavy atom. The normalized spacial score (nSPS) is 10.6. The van der Waals surface area contributed by atoms with Crippen molar-refractivity contribution < 1.29 is 24.1 Å². The minimum Gasteiger partial charge on any atom is -0.505 e. The molecule has 1 N–H and O–H groups in total. The summed E-state index contributed by atoms with van der Waals surface area (Å²) >= 11 is 0. The highest BCUT2D eigenvalue weighted by Crippen LogP contribution is 2.32. The molecule has 0 unspecified atom stereocenters. The summed E-state index contributed by atoms with van der Waals surface area (Å²) in [7, 11) is 1.54. The molecule has 0 aliphatic rings. The fraction of sp³-hybridized carbons (Fsp3) is 0.211. The SMILES string of the molecule is C=CC(=O)OCCOc1ccc2nn(-c3ccc(OC)c(C)c3O)nc2c1. The van der Waals surface area contributed by atoms with Gasteiger partial charge in [-0.2, -0.15) is 0 Å². The van der Waals surface area contributed by atoms with Crippen molar-refractivity contribution in [3.63, 3.8) is 0 Å². The number of carbonyl (C=O) groups excluding carboxylic acids is 1. The van der Waals surface area contributed by atoms with Crippen LogP contribution in [0.3, 0.4) is 0 Å². The van der Waals surface area contributed by atoms with E-state index in [0.29, 0.717) is 33.8 Å². The second-order valence-electron chi connectivity index (χ2n) is 5.62. The standard InChI is InChI=1S/C19H19N3O5/c1-4-18(23)27-10-9-26-13-5-6-14-15(11-13)21-22(20-14)16-7-8-17(25-3)12(2)19(16)24/h4-8,11,24H,1,9-10H2,2-3H3. The molecule has 0 atom stereocenters. The maximum absolute atomic E-state index is 11.0. The Kier molecular flexibility index (Phi) is 5.25. The molecule has 27 heavy (non-hydrogen) atoms. The van der Waals surface area contributed by atoms with Gasteiger partial charge in [0.25, 0.3) is 0 Å². The van der Waals surface area contributed by atoms with Gasteiger partial charge in [0.1, 0.15) is 47.2 Å². The highest BCUT2D eigenvalue weighted by atomic mass is 16.6. The molecule has 0 spiro atoms. The van der Waals surface area contributed by atoms with E-state index in [1.165, 1.54) is 4.80 Å². The van der Waals surface area contributed by atoms with E-state index in [1.54, 1.807) is 44.4 Å². The van der Waals surface area contributed by atoms with E-state index >= 15 is 0 Å². The van der Waals surface area contributed by atoms with E-state index < -0.39 is 5.97 Å². The third-order valence-corrected chi connectivity index (χ3v) is 3.91. The smallest absolute Gasteiger partial charge is 0.330 e. The number of rotatable bonds is 7. The van der Waals surface area contributed by atoms with Gasteiger partial charge in [-0.1, -0.05) is 6.58 Å². The molecule has 0 aliphatic heterocycles. The van der Waals surface area contributed by atoms with Crippen LogP contribution in [0, 0.1) is 6.92 Å². The molecule has 2 aromatic carbocycles. The molecular formula is C19H19N3O5. The van der Waals surface area contributed by atoms with Crippen molar-refractivity contribution in [1.82, 2.24) is 15.0 Å².